The standard InChI is InChI=1S/C20H23F2NO3/c1-12(2)15-9-8-13(3)10-18(15)25-11-19(24)23-16-6-5-7-17(14(16)4)26-20(21)22/h5-10,12,20H,11H2,1-4H3,(H,23,24). The molecule has 1 amide bonds. The average molecular weight is 363 g/mol. The molecule has 0 radical (unpaired) electrons. The van der Waals surface area contributed by atoms with Crippen LogP contribution in [0, 0.1) is 13.8 Å². The third-order valence-corrected chi connectivity index (χ3v) is 3.92. The van der Waals surface area contributed by atoms with Gasteiger partial charge in [0, 0.05) is 11.3 Å². The van der Waals surface area contributed by atoms with Crippen LogP contribution in [0.15, 0.2) is 36.4 Å². The molecule has 0 spiro atoms. The number of hydrogen-bond donors (Lipinski definition) is 1. The third kappa shape index (κ3) is 5.18. The van der Waals surface area contributed by atoms with Crippen molar-refractivity contribution in [2.45, 2.75) is 40.2 Å². The molecule has 0 heterocycles. The van der Waals surface area contributed by atoms with Crippen molar-refractivity contribution >= 4 is 11.6 Å². The maximum absolute atomic E-state index is 12.4. The Morgan fingerprint density at radius 1 is 1.12 bits per heavy atom. The number of halogens is 2. The van der Waals surface area contributed by atoms with Crippen molar-refractivity contribution in [1.82, 2.24) is 0 Å². The van der Waals surface area contributed by atoms with Crippen LogP contribution < -0.4 is 14.8 Å². The number of carbonyl (C=O) groups is 1. The Morgan fingerprint density at radius 2 is 1.85 bits per heavy atom. The van der Waals surface area contributed by atoms with Gasteiger partial charge in [-0.05, 0) is 49.1 Å². The van der Waals surface area contributed by atoms with Gasteiger partial charge in [-0.1, -0.05) is 32.0 Å². The molecule has 0 bridgehead atoms. The highest BCUT2D eigenvalue weighted by Gasteiger charge is 2.13. The van der Waals surface area contributed by atoms with Gasteiger partial charge in [0.25, 0.3) is 5.91 Å². The van der Waals surface area contributed by atoms with Gasteiger partial charge in [-0.2, -0.15) is 8.78 Å². The summed E-state index contributed by atoms with van der Waals surface area (Å²) < 4.78 is 34.9. The molecule has 26 heavy (non-hydrogen) atoms. The lowest BCUT2D eigenvalue weighted by atomic mass is 10.0. The highest BCUT2D eigenvalue weighted by atomic mass is 19.3. The van der Waals surface area contributed by atoms with Gasteiger partial charge in [0.2, 0.25) is 0 Å². The second kappa shape index (κ2) is 8.65. The maximum atomic E-state index is 12.4. The summed E-state index contributed by atoms with van der Waals surface area (Å²) in [6.45, 7) is 4.56. The molecule has 0 saturated heterocycles. The number of nitrogens with one attached hydrogen (secondary N) is 1. The Labute approximate surface area is 152 Å². The van der Waals surface area contributed by atoms with Gasteiger partial charge >= 0.3 is 6.61 Å². The highest BCUT2D eigenvalue weighted by Crippen LogP contribution is 2.28. The van der Waals surface area contributed by atoms with Gasteiger partial charge in [-0.3, -0.25) is 4.79 Å². The van der Waals surface area contributed by atoms with E-state index >= 15 is 0 Å². The zero-order valence-corrected chi connectivity index (χ0v) is 15.3. The van der Waals surface area contributed by atoms with Crippen LogP contribution in [-0.2, 0) is 4.79 Å². The molecular formula is C20H23F2NO3. The fraction of sp³-hybridized carbons (Fsp3) is 0.350. The number of amides is 1. The molecule has 140 valence electrons. The first-order valence-corrected chi connectivity index (χ1v) is 8.35. The Bertz CT molecular complexity index is 776. The molecule has 0 aliphatic rings. The van der Waals surface area contributed by atoms with Crippen LogP contribution in [0.1, 0.15) is 36.5 Å². The smallest absolute Gasteiger partial charge is 0.387 e. The molecule has 0 aromatic heterocycles. The van der Waals surface area contributed by atoms with Gasteiger partial charge in [0.05, 0.1) is 0 Å². The van der Waals surface area contributed by atoms with E-state index in [4.69, 9.17) is 4.74 Å². The molecule has 2 aromatic carbocycles. The molecule has 0 saturated carbocycles. The number of carbonyl (C=O) groups excluding carboxylic acids is 1. The van der Waals surface area contributed by atoms with Crippen LogP contribution in [0.2, 0.25) is 0 Å². The number of benzene rings is 2. The first kappa shape index (κ1) is 19.7. The zero-order valence-electron chi connectivity index (χ0n) is 15.3. The number of anilines is 1. The average Bonchev–Trinajstić information content (AvgIpc) is 2.56. The highest BCUT2D eigenvalue weighted by molar-refractivity contribution is 5.93. The van der Waals surface area contributed by atoms with Crippen LogP contribution in [-0.4, -0.2) is 19.1 Å². The molecule has 2 rings (SSSR count). The van der Waals surface area contributed by atoms with Crippen molar-refractivity contribution in [2.24, 2.45) is 0 Å². The fourth-order valence-electron chi connectivity index (χ4n) is 2.55. The quantitative estimate of drug-likeness (QED) is 0.749. The van der Waals surface area contributed by atoms with E-state index in [9.17, 15) is 13.6 Å². The number of rotatable bonds is 7. The second-order valence-electron chi connectivity index (χ2n) is 6.34. The summed E-state index contributed by atoms with van der Waals surface area (Å²) in [7, 11) is 0. The predicted molar refractivity (Wildman–Crippen MR) is 97.2 cm³/mol. The van der Waals surface area contributed by atoms with Gasteiger partial charge in [-0.25, -0.2) is 0 Å². The summed E-state index contributed by atoms with van der Waals surface area (Å²) in [5.41, 5.74) is 2.90. The molecule has 0 fully saturated rings. The summed E-state index contributed by atoms with van der Waals surface area (Å²) in [4.78, 5) is 12.2. The summed E-state index contributed by atoms with van der Waals surface area (Å²) in [6.07, 6.45) is 0. The topological polar surface area (TPSA) is 47.6 Å². The molecule has 0 atom stereocenters. The van der Waals surface area contributed by atoms with Crippen molar-refractivity contribution in [3.63, 3.8) is 0 Å². The molecule has 0 aliphatic heterocycles. The molecule has 0 unspecified atom stereocenters. The number of alkyl halides is 2. The van der Waals surface area contributed by atoms with Crippen LogP contribution in [0.3, 0.4) is 0 Å². The lowest BCUT2D eigenvalue weighted by Gasteiger charge is -2.16. The lowest BCUT2D eigenvalue weighted by molar-refractivity contribution is -0.118. The SMILES string of the molecule is Cc1ccc(C(C)C)c(OCC(=O)Nc2cccc(OC(F)F)c2C)c1. The minimum Gasteiger partial charge on any atom is -0.483 e. The molecule has 2 aromatic rings. The summed E-state index contributed by atoms with van der Waals surface area (Å²) in [5.74, 6) is 0.582. The monoisotopic (exact) mass is 363 g/mol. The normalized spacial score (nSPS) is 10.9. The Kier molecular flexibility index (Phi) is 6.55. The molecular weight excluding hydrogens is 340 g/mol. The first-order valence-electron chi connectivity index (χ1n) is 8.35. The van der Waals surface area contributed by atoms with Crippen LogP contribution in [0.5, 0.6) is 11.5 Å². The van der Waals surface area contributed by atoms with E-state index in [0.717, 1.165) is 11.1 Å². The Morgan fingerprint density at radius 3 is 2.50 bits per heavy atom. The van der Waals surface area contributed by atoms with Gasteiger partial charge in [0.1, 0.15) is 11.5 Å². The first-order chi connectivity index (χ1) is 12.3. The van der Waals surface area contributed by atoms with E-state index in [1.165, 1.54) is 6.07 Å². The number of aryl methyl sites for hydroxylation is 1. The molecule has 4 nitrogen and oxygen atoms in total. The zero-order chi connectivity index (χ0) is 19.3. The van der Waals surface area contributed by atoms with Crippen LogP contribution in [0.25, 0.3) is 0 Å². The minimum absolute atomic E-state index is 0.0273. The molecule has 0 aliphatic carbocycles. The van der Waals surface area contributed by atoms with Crippen molar-refractivity contribution in [3.05, 3.63) is 53.1 Å². The Hall–Kier alpha value is -2.63. The van der Waals surface area contributed by atoms with Crippen molar-refractivity contribution < 1.29 is 23.0 Å². The lowest BCUT2D eigenvalue weighted by Crippen LogP contribution is -2.21. The predicted octanol–water partition coefficient (Wildman–Crippen LogP) is 5.05. The minimum atomic E-state index is -2.92. The molecule has 6 heteroatoms. The Balaban J connectivity index is 2.05. The fourth-order valence-corrected chi connectivity index (χ4v) is 2.55. The number of ether oxygens (including phenoxy) is 2. The van der Waals surface area contributed by atoms with Gasteiger partial charge in [0.15, 0.2) is 6.61 Å². The summed E-state index contributed by atoms with van der Waals surface area (Å²) in [6, 6.07) is 10.5. The van der Waals surface area contributed by atoms with Gasteiger partial charge in [-0.15, -0.1) is 0 Å². The second-order valence-corrected chi connectivity index (χ2v) is 6.34. The summed E-state index contributed by atoms with van der Waals surface area (Å²) in [5, 5.41) is 2.67. The maximum Gasteiger partial charge on any atom is 0.387 e. The van der Waals surface area contributed by atoms with Crippen molar-refractivity contribution in [1.29, 1.82) is 0 Å². The van der Waals surface area contributed by atoms with Crippen molar-refractivity contribution in [3.8, 4) is 11.5 Å². The summed E-state index contributed by atoms with van der Waals surface area (Å²) >= 11 is 0. The number of hydrogen-bond acceptors (Lipinski definition) is 3. The van der Waals surface area contributed by atoms with Crippen LogP contribution in [0.4, 0.5) is 14.5 Å². The van der Waals surface area contributed by atoms with E-state index < -0.39 is 6.61 Å². The molecule has 1 N–H and O–H groups in total. The van der Waals surface area contributed by atoms with E-state index in [1.807, 2.05) is 25.1 Å². The van der Waals surface area contributed by atoms with Gasteiger partial charge < -0.3 is 14.8 Å². The van der Waals surface area contributed by atoms with Crippen LogP contribution >= 0.6 is 0 Å². The third-order valence-electron chi connectivity index (χ3n) is 3.92. The van der Waals surface area contributed by atoms with Crippen molar-refractivity contribution in [2.75, 3.05) is 11.9 Å². The van der Waals surface area contributed by atoms with E-state index in [-0.39, 0.29) is 24.2 Å². The van der Waals surface area contributed by atoms with E-state index in [1.54, 1.807) is 19.1 Å². The van der Waals surface area contributed by atoms with E-state index in [2.05, 4.69) is 23.9 Å². The largest absolute Gasteiger partial charge is 0.483 e. The van der Waals surface area contributed by atoms with E-state index in [0.29, 0.717) is 17.0 Å².